The molecule has 0 saturated heterocycles. The van der Waals surface area contributed by atoms with Crippen LogP contribution in [0, 0.1) is 0 Å². The second-order valence-electron chi connectivity index (χ2n) is 5.02. The van der Waals surface area contributed by atoms with Crippen molar-refractivity contribution in [3.8, 4) is 0 Å². The lowest BCUT2D eigenvalue weighted by molar-refractivity contribution is 0.277. The van der Waals surface area contributed by atoms with E-state index in [4.69, 9.17) is 4.99 Å². The smallest absolute Gasteiger partial charge is 0.195 e. The maximum absolute atomic E-state index is 4.70. The maximum atomic E-state index is 4.70. The van der Waals surface area contributed by atoms with Crippen LogP contribution in [0.4, 0.5) is 0 Å². The summed E-state index contributed by atoms with van der Waals surface area (Å²) < 4.78 is 0. The van der Waals surface area contributed by atoms with Crippen LogP contribution >= 0.6 is 0 Å². The molecule has 0 unspecified atom stereocenters. The van der Waals surface area contributed by atoms with Crippen LogP contribution in [0.1, 0.15) is 12.8 Å². The van der Waals surface area contributed by atoms with Crippen molar-refractivity contribution < 1.29 is 0 Å². The van der Waals surface area contributed by atoms with Crippen LogP contribution in [-0.4, -0.2) is 75.0 Å². The zero-order valence-electron chi connectivity index (χ0n) is 10.9. The average Bonchev–Trinajstić information content (AvgIpc) is 2.84. The van der Waals surface area contributed by atoms with Gasteiger partial charge in [-0.2, -0.15) is 0 Å². The molecule has 0 atom stereocenters. The van der Waals surface area contributed by atoms with Gasteiger partial charge in [0, 0.05) is 33.7 Å². The Morgan fingerprint density at radius 2 is 1.47 bits per heavy atom. The molecule has 0 spiro atoms. The Labute approximate surface area is 93.6 Å². The lowest BCUT2D eigenvalue weighted by atomic mass is 10.2. The molecule has 88 valence electrons. The van der Waals surface area contributed by atoms with Gasteiger partial charge >= 0.3 is 0 Å². The minimum atomic E-state index is 0.345. The number of nitrogens with zero attached hydrogens (tertiary/aromatic N) is 4. The van der Waals surface area contributed by atoms with Gasteiger partial charge in [-0.25, -0.2) is 0 Å². The van der Waals surface area contributed by atoms with E-state index in [2.05, 4.69) is 28.8 Å². The van der Waals surface area contributed by atoms with Gasteiger partial charge in [0.25, 0.3) is 0 Å². The molecule has 1 saturated carbocycles. The molecule has 0 aliphatic heterocycles. The van der Waals surface area contributed by atoms with Gasteiger partial charge in [0.15, 0.2) is 5.96 Å². The number of guanidine groups is 1. The normalized spacial score (nSPS) is 17.5. The molecule has 0 bridgehead atoms. The molecule has 1 fully saturated rings. The fourth-order valence-electron chi connectivity index (χ4n) is 1.79. The van der Waals surface area contributed by atoms with Gasteiger partial charge in [0.2, 0.25) is 0 Å². The topological polar surface area (TPSA) is 22.1 Å². The van der Waals surface area contributed by atoms with Gasteiger partial charge in [0.05, 0.1) is 6.54 Å². The summed E-state index contributed by atoms with van der Waals surface area (Å²) in [7, 11) is 12.4. The fraction of sp³-hybridized carbons (Fsp3) is 0.909. The van der Waals surface area contributed by atoms with Crippen LogP contribution in [0.15, 0.2) is 4.99 Å². The summed E-state index contributed by atoms with van der Waals surface area (Å²) in [4.78, 5) is 11.1. The number of hydrogen-bond acceptors (Lipinski definition) is 2. The second kappa shape index (κ2) is 4.39. The number of aliphatic imine (C=N–C) groups is 1. The van der Waals surface area contributed by atoms with Crippen LogP contribution in [0.3, 0.4) is 0 Å². The summed E-state index contributed by atoms with van der Waals surface area (Å²) in [6.07, 6.45) is 2.55. The molecule has 0 aromatic rings. The van der Waals surface area contributed by atoms with Gasteiger partial charge in [-0.15, -0.1) is 0 Å². The van der Waals surface area contributed by atoms with Crippen molar-refractivity contribution in [3.05, 3.63) is 0 Å². The first-order valence-corrected chi connectivity index (χ1v) is 5.45. The second-order valence-corrected chi connectivity index (χ2v) is 5.02. The van der Waals surface area contributed by atoms with Crippen LogP contribution < -0.4 is 0 Å². The summed E-state index contributed by atoms with van der Waals surface area (Å²) >= 11 is 0. The Bertz CT molecular complexity index is 229. The zero-order valence-corrected chi connectivity index (χ0v) is 10.9. The fourth-order valence-corrected chi connectivity index (χ4v) is 1.79. The highest BCUT2D eigenvalue weighted by Gasteiger charge is 2.44. The molecule has 0 radical (unpaired) electrons. The predicted molar refractivity (Wildman–Crippen MR) is 65.3 cm³/mol. The van der Waals surface area contributed by atoms with E-state index in [9.17, 15) is 0 Å². The van der Waals surface area contributed by atoms with Gasteiger partial charge in [-0.3, -0.25) is 4.99 Å². The molecule has 0 N–H and O–H groups in total. The van der Waals surface area contributed by atoms with Crippen LogP contribution in [-0.2, 0) is 0 Å². The Morgan fingerprint density at radius 3 is 1.73 bits per heavy atom. The first kappa shape index (κ1) is 12.3. The zero-order chi connectivity index (χ0) is 11.6. The van der Waals surface area contributed by atoms with Crippen molar-refractivity contribution in [3.63, 3.8) is 0 Å². The summed E-state index contributed by atoms with van der Waals surface area (Å²) in [5, 5.41) is 0. The van der Waals surface area contributed by atoms with Gasteiger partial charge in [0.1, 0.15) is 0 Å². The highest BCUT2D eigenvalue weighted by Crippen LogP contribution is 2.40. The van der Waals surface area contributed by atoms with Crippen molar-refractivity contribution in [2.45, 2.75) is 18.4 Å². The third kappa shape index (κ3) is 2.84. The molecule has 0 heterocycles. The molecule has 4 heteroatoms. The van der Waals surface area contributed by atoms with Crippen LogP contribution in [0.5, 0.6) is 0 Å². The average molecular weight is 212 g/mol. The van der Waals surface area contributed by atoms with E-state index in [0.717, 1.165) is 12.5 Å². The molecule has 0 amide bonds. The Morgan fingerprint density at radius 1 is 1.00 bits per heavy atom. The van der Waals surface area contributed by atoms with E-state index >= 15 is 0 Å². The van der Waals surface area contributed by atoms with Crippen molar-refractivity contribution >= 4 is 5.96 Å². The quantitative estimate of drug-likeness (QED) is 0.504. The molecule has 4 nitrogen and oxygen atoms in total. The largest absolute Gasteiger partial charge is 0.349 e. The molecule has 1 aliphatic rings. The minimum Gasteiger partial charge on any atom is -0.349 e. The number of likely N-dealkylation sites (N-methyl/N-ethyl adjacent to an activating group) is 1. The van der Waals surface area contributed by atoms with E-state index < -0.39 is 0 Å². The van der Waals surface area contributed by atoms with Crippen LogP contribution in [0.25, 0.3) is 0 Å². The molecule has 1 aliphatic carbocycles. The SMILES string of the molecule is CN(C)C(=NCC1(N(C)C)CC1)N(C)C. The Kier molecular flexibility index (Phi) is 3.60. The molecule has 15 heavy (non-hydrogen) atoms. The minimum absolute atomic E-state index is 0.345. The number of hydrogen-bond donors (Lipinski definition) is 0. The summed E-state index contributed by atoms with van der Waals surface area (Å²) in [5.41, 5.74) is 0.345. The third-order valence-electron chi connectivity index (χ3n) is 3.09. The van der Waals surface area contributed by atoms with E-state index in [1.165, 1.54) is 12.8 Å². The monoisotopic (exact) mass is 212 g/mol. The molecule has 0 aromatic carbocycles. The Hall–Kier alpha value is -0.770. The molecule has 0 aromatic heterocycles. The molecular weight excluding hydrogens is 188 g/mol. The molecule has 1 rings (SSSR count). The van der Waals surface area contributed by atoms with Crippen molar-refractivity contribution in [2.75, 3.05) is 48.8 Å². The molecular formula is C11H24N4. The number of rotatable bonds is 3. The highest BCUT2D eigenvalue weighted by molar-refractivity contribution is 5.79. The van der Waals surface area contributed by atoms with Gasteiger partial charge in [-0.1, -0.05) is 0 Å². The first-order chi connectivity index (χ1) is 6.89. The van der Waals surface area contributed by atoms with Crippen molar-refractivity contribution in [1.82, 2.24) is 14.7 Å². The summed E-state index contributed by atoms with van der Waals surface area (Å²) in [6.45, 7) is 0.908. The summed E-state index contributed by atoms with van der Waals surface area (Å²) in [6, 6.07) is 0. The lowest BCUT2D eigenvalue weighted by Gasteiger charge is -2.26. The van der Waals surface area contributed by atoms with E-state index in [-0.39, 0.29) is 0 Å². The van der Waals surface area contributed by atoms with E-state index in [1.54, 1.807) is 0 Å². The lowest BCUT2D eigenvalue weighted by Crippen LogP contribution is -2.38. The highest BCUT2D eigenvalue weighted by atomic mass is 15.3. The third-order valence-corrected chi connectivity index (χ3v) is 3.09. The van der Waals surface area contributed by atoms with Crippen LogP contribution in [0.2, 0.25) is 0 Å². The van der Waals surface area contributed by atoms with E-state index in [0.29, 0.717) is 5.54 Å². The van der Waals surface area contributed by atoms with E-state index in [1.807, 2.05) is 28.2 Å². The summed E-state index contributed by atoms with van der Waals surface area (Å²) in [5.74, 6) is 1.04. The standard InChI is InChI=1S/C11H24N4/c1-13(2)10(14(3)4)12-9-11(7-8-11)15(5)6/h7-9H2,1-6H3. The Balaban J connectivity index is 2.62. The first-order valence-electron chi connectivity index (χ1n) is 5.45. The predicted octanol–water partition coefficient (Wildman–Crippen LogP) is 0.560. The maximum Gasteiger partial charge on any atom is 0.195 e. The van der Waals surface area contributed by atoms with Crippen molar-refractivity contribution in [1.29, 1.82) is 0 Å². The van der Waals surface area contributed by atoms with Crippen molar-refractivity contribution in [2.24, 2.45) is 4.99 Å². The van der Waals surface area contributed by atoms with Gasteiger partial charge in [-0.05, 0) is 26.9 Å². The van der Waals surface area contributed by atoms with Gasteiger partial charge < -0.3 is 14.7 Å².